The number of nitrogens with one attached hydrogen (secondary N) is 1. The highest BCUT2D eigenvalue weighted by Gasteiger charge is 2.16. The van der Waals surface area contributed by atoms with Crippen molar-refractivity contribution in [1.82, 2.24) is 15.0 Å². The van der Waals surface area contributed by atoms with Crippen LogP contribution in [0.3, 0.4) is 0 Å². The summed E-state index contributed by atoms with van der Waals surface area (Å²) in [5, 5.41) is 3.58. The minimum Gasteiger partial charge on any atom is -0.298 e. The molecule has 1 aromatic carbocycles. The van der Waals surface area contributed by atoms with Gasteiger partial charge in [0, 0.05) is 22.8 Å². The summed E-state index contributed by atoms with van der Waals surface area (Å²) in [7, 11) is 0. The van der Waals surface area contributed by atoms with Crippen LogP contribution in [0.2, 0.25) is 0 Å². The number of amides is 1. The molecular formula is C20H20N4OS. The van der Waals surface area contributed by atoms with Crippen molar-refractivity contribution in [3.63, 3.8) is 0 Å². The average Bonchev–Trinajstić information content (AvgIpc) is 3.03. The van der Waals surface area contributed by atoms with Crippen molar-refractivity contribution in [2.24, 2.45) is 0 Å². The number of anilines is 1. The molecule has 1 aliphatic rings. The maximum Gasteiger partial charge on any atom is 0.260 e. The molecule has 26 heavy (non-hydrogen) atoms. The van der Waals surface area contributed by atoms with Gasteiger partial charge in [-0.3, -0.25) is 10.1 Å². The van der Waals surface area contributed by atoms with Gasteiger partial charge >= 0.3 is 0 Å². The Kier molecular flexibility index (Phi) is 5.02. The highest BCUT2D eigenvalue weighted by atomic mass is 32.1. The first-order chi connectivity index (χ1) is 12.8. The highest BCUT2D eigenvalue weighted by Crippen LogP contribution is 2.28. The smallest absolute Gasteiger partial charge is 0.260 e. The van der Waals surface area contributed by atoms with Gasteiger partial charge in [0.2, 0.25) is 0 Å². The molecule has 5 nitrogen and oxygen atoms in total. The molecule has 2 heterocycles. The average molecular weight is 364 g/mol. The molecule has 4 rings (SSSR count). The molecule has 0 unspecified atom stereocenters. The van der Waals surface area contributed by atoms with Crippen LogP contribution in [0.4, 0.5) is 5.13 Å². The number of nitrogens with zero attached hydrogens (tertiary/aromatic N) is 3. The van der Waals surface area contributed by atoms with E-state index in [9.17, 15) is 4.79 Å². The van der Waals surface area contributed by atoms with Crippen LogP contribution in [-0.4, -0.2) is 20.9 Å². The van der Waals surface area contributed by atoms with E-state index in [-0.39, 0.29) is 5.91 Å². The molecular weight excluding hydrogens is 344 g/mol. The Labute approximate surface area is 156 Å². The number of carbonyl (C=O) groups excluding carboxylic acids is 1. The molecule has 3 aromatic rings. The SMILES string of the molecule is O=C(Nc1nc2c(s1)CCCCCC2)c1cnc(-c2ccccc2)nc1. The highest BCUT2D eigenvalue weighted by molar-refractivity contribution is 7.15. The Hall–Kier alpha value is -2.60. The number of carbonyl (C=O) groups is 1. The second-order valence-electron chi connectivity index (χ2n) is 6.42. The number of aryl methyl sites for hydroxylation is 2. The number of thiazole rings is 1. The molecule has 0 spiro atoms. The van der Waals surface area contributed by atoms with E-state index in [2.05, 4.69) is 20.3 Å². The van der Waals surface area contributed by atoms with Crippen LogP contribution in [0.25, 0.3) is 11.4 Å². The zero-order valence-electron chi connectivity index (χ0n) is 14.4. The molecule has 1 N–H and O–H groups in total. The minimum absolute atomic E-state index is 0.216. The summed E-state index contributed by atoms with van der Waals surface area (Å²) in [4.78, 5) is 27.1. The van der Waals surface area contributed by atoms with E-state index in [1.54, 1.807) is 23.7 Å². The number of aromatic nitrogens is 3. The Balaban J connectivity index is 1.47. The molecule has 0 saturated heterocycles. The third-order valence-corrected chi connectivity index (χ3v) is 5.58. The third kappa shape index (κ3) is 3.80. The van der Waals surface area contributed by atoms with Crippen molar-refractivity contribution in [2.75, 3.05) is 5.32 Å². The normalized spacial score (nSPS) is 14.2. The van der Waals surface area contributed by atoms with Crippen LogP contribution in [-0.2, 0) is 12.8 Å². The van der Waals surface area contributed by atoms with E-state index >= 15 is 0 Å². The van der Waals surface area contributed by atoms with Crippen molar-refractivity contribution >= 4 is 22.4 Å². The van der Waals surface area contributed by atoms with Crippen LogP contribution in [0.15, 0.2) is 42.7 Å². The van der Waals surface area contributed by atoms with Gasteiger partial charge in [0.15, 0.2) is 11.0 Å². The summed E-state index contributed by atoms with van der Waals surface area (Å²) in [6.07, 6.45) is 10.1. The van der Waals surface area contributed by atoms with E-state index < -0.39 is 0 Å². The Morgan fingerprint density at radius 1 is 0.962 bits per heavy atom. The fourth-order valence-electron chi connectivity index (χ4n) is 3.11. The Bertz CT molecular complexity index is 864. The molecule has 2 aromatic heterocycles. The third-order valence-electron chi connectivity index (χ3n) is 4.51. The van der Waals surface area contributed by atoms with Crippen LogP contribution in [0.5, 0.6) is 0 Å². The largest absolute Gasteiger partial charge is 0.298 e. The zero-order valence-corrected chi connectivity index (χ0v) is 15.3. The van der Waals surface area contributed by atoms with Crippen LogP contribution in [0.1, 0.15) is 46.6 Å². The number of benzene rings is 1. The number of hydrogen-bond acceptors (Lipinski definition) is 5. The van der Waals surface area contributed by atoms with Gasteiger partial charge in [0.1, 0.15) is 0 Å². The maximum absolute atomic E-state index is 12.5. The number of hydrogen-bond donors (Lipinski definition) is 1. The fourth-order valence-corrected chi connectivity index (χ4v) is 4.15. The van der Waals surface area contributed by atoms with Crippen LogP contribution in [0, 0.1) is 0 Å². The summed E-state index contributed by atoms with van der Waals surface area (Å²) >= 11 is 1.60. The predicted octanol–water partition coefficient (Wildman–Crippen LogP) is 4.51. The molecule has 0 radical (unpaired) electrons. The summed E-state index contributed by atoms with van der Waals surface area (Å²) in [6, 6.07) is 9.71. The minimum atomic E-state index is -0.216. The molecule has 0 fully saturated rings. The molecule has 6 heteroatoms. The van der Waals surface area contributed by atoms with Crippen molar-refractivity contribution < 1.29 is 4.79 Å². The maximum atomic E-state index is 12.5. The standard InChI is InChI=1S/C20H20N4OS/c25-19(15-12-21-18(22-13-15)14-8-4-3-5-9-14)24-20-23-16-10-6-1-2-7-11-17(16)26-20/h3-5,8-9,12-13H,1-2,6-7,10-11H2,(H,23,24,25). The van der Waals surface area contributed by atoms with E-state index in [4.69, 9.17) is 0 Å². The van der Waals surface area contributed by atoms with Crippen molar-refractivity contribution in [2.45, 2.75) is 38.5 Å². The van der Waals surface area contributed by atoms with E-state index in [0.29, 0.717) is 16.5 Å². The fraction of sp³-hybridized carbons (Fsp3) is 0.300. The number of fused-ring (bicyclic) bond motifs is 1. The lowest BCUT2D eigenvalue weighted by molar-refractivity contribution is 0.102. The van der Waals surface area contributed by atoms with Gasteiger partial charge in [-0.05, 0) is 25.7 Å². The molecule has 0 bridgehead atoms. The van der Waals surface area contributed by atoms with Gasteiger partial charge in [-0.1, -0.05) is 43.2 Å². The monoisotopic (exact) mass is 364 g/mol. The van der Waals surface area contributed by atoms with Crippen molar-refractivity contribution in [1.29, 1.82) is 0 Å². The first-order valence-electron chi connectivity index (χ1n) is 8.97. The summed E-state index contributed by atoms with van der Waals surface area (Å²) < 4.78 is 0. The van der Waals surface area contributed by atoms with Gasteiger partial charge in [-0.2, -0.15) is 0 Å². The summed E-state index contributed by atoms with van der Waals surface area (Å²) in [5.74, 6) is 0.394. The summed E-state index contributed by atoms with van der Waals surface area (Å²) in [5.41, 5.74) is 2.52. The van der Waals surface area contributed by atoms with Gasteiger partial charge < -0.3 is 0 Å². The van der Waals surface area contributed by atoms with Gasteiger partial charge in [-0.15, -0.1) is 11.3 Å². The lowest BCUT2D eigenvalue weighted by Gasteiger charge is -2.06. The van der Waals surface area contributed by atoms with Gasteiger partial charge in [0.25, 0.3) is 5.91 Å². The van der Waals surface area contributed by atoms with E-state index in [0.717, 1.165) is 24.1 Å². The Morgan fingerprint density at radius 2 is 1.69 bits per heavy atom. The number of rotatable bonds is 3. The second kappa shape index (κ2) is 7.74. The van der Waals surface area contributed by atoms with Crippen molar-refractivity contribution in [3.8, 4) is 11.4 Å². The molecule has 1 amide bonds. The zero-order chi connectivity index (χ0) is 17.8. The topological polar surface area (TPSA) is 67.8 Å². The summed E-state index contributed by atoms with van der Waals surface area (Å²) in [6.45, 7) is 0. The van der Waals surface area contributed by atoms with E-state index in [1.165, 1.54) is 30.6 Å². The second-order valence-corrected chi connectivity index (χ2v) is 7.50. The van der Waals surface area contributed by atoms with Crippen LogP contribution >= 0.6 is 11.3 Å². The van der Waals surface area contributed by atoms with Gasteiger partial charge in [-0.25, -0.2) is 15.0 Å². The first-order valence-corrected chi connectivity index (χ1v) is 9.78. The van der Waals surface area contributed by atoms with Crippen molar-refractivity contribution in [3.05, 3.63) is 58.9 Å². The molecule has 0 aliphatic heterocycles. The molecule has 0 saturated carbocycles. The van der Waals surface area contributed by atoms with Crippen LogP contribution < -0.4 is 5.32 Å². The Morgan fingerprint density at radius 3 is 2.46 bits per heavy atom. The predicted molar refractivity (Wildman–Crippen MR) is 103 cm³/mol. The lowest BCUT2D eigenvalue weighted by atomic mass is 10.0. The quantitative estimate of drug-likeness (QED) is 0.742. The van der Waals surface area contributed by atoms with Gasteiger partial charge in [0.05, 0.1) is 11.3 Å². The van der Waals surface area contributed by atoms with E-state index in [1.807, 2.05) is 30.3 Å². The molecule has 0 atom stereocenters. The molecule has 1 aliphatic carbocycles. The first kappa shape index (κ1) is 16.8. The lowest BCUT2D eigenvalue weighted by Crippen LogP contribution is -2.12. The molecule has 132 valence electrons.